The lowest BCUT2D eigenvalue weighted by molar-refractivity contribution is -0.116. The number of nitrogens with zero attached hydrogens (tertiary/aromatic N) is 2. The zero-order valence-corrected chi connectivity index (χ0v) is 15.0. The van der Waals surface area contributed by atoms with Crippen LogP contribution in [-0.2, 0) is 4.79 Å². The number of anilines is 2. The predicted octanol–water partition coefficient (Wildman–Crippen LogP) is 3.82. The van der Waals surface area contributed by atoms with Crippen LogP contribution in [0.15, 0.2) is 57.7 Å². The van der Waals surface area contributed by atoms with Crippen LogP contribution in [0, 0.1) is 0 Å². The molecule has 0 radical (unpaired) electrons. The molecule has 27 heavy (non-hydrogen) atoms. The van der Waals surface area contributed by atoms with E-state index in [0.29, 0.717) is 30.1 Å². The number of hydrogen-bond acceptors (Lipinski definition) is 8. The van der Waals surface area contributed by atoms with Gasteiger partial charge in [-0.05, 0) is 45.9 Å². The molecule has 3 aromatic rings. The molecule has 2 atom stereocenters. The van der Waals surface area contributed by atoms with Gasteiger partial charge in [0.2, 0.25) is 11.6 Å². The molecular formula is C19H16N4O3S. The van der Waals surface area contributed by atoms with Crippen molar-refractivity contribution in [3.8, 4) is 5.75 Å². The van der Waals surface area contributed by atoms with Gasteiger partial charge in [-0.3, -0.25) is 4.79 Å². The van der Waals surface area contributed by atoms with Gasteiger partial charge in [0.25, 0.3) is 0 Å². The monoisotopic (exact) mass is 380 g/mol. The molecule has 2 aromatic heterocycles. The lowest BCUT2D eigenvalue weighted by Gasteiger charge is -2.29. The Kier molecular flexibility index (Phi) is 3.71. The summed E-state index contributed by atoms with van der Waals surface area (Å²) in [6, 6.07) is 10.5. The maximum atomic E-state index is 13.2. The van der Waals surface area contributed by atoms with Crippen molar-refractivity contribution in [1.82, 2.24) is 10.3 Å². The zero-order valence-electron chi connectivity index (χ0n) is 14.2. The van der Waals surface area contributed by atoms with Gasteiger partial charge in [-0.1, -0.05) is 18.2 Å². The zero-order chi connectivity index (χ0) is 18.4. The van der Waals surface area contributed by atoms with Crippen molar-refractivity contribution in [3.63, 3.8) is 0 Å². The smallest absolute Gasteiger partial charge is 0.219 e. The number of carbonyl (C=O) groups is 1. The van der Waals surface area contributed by atoms with Gasteiger partial charge in [0, 0.05) is 28.5 Å². The molecule has 3 N–H and O–H groups in total. The molecule has 0 saturated carbocycles. The van der Waals surface area contributed by atoms with E-state index in [1.54, 1.807) is 29.5 Å². The van der Waals surface area contributed by atoms with E-state index in [1.165, 1.54) is 4.88 Å². The molecule has 8 heteroatoms. The third-order valence-electron chi connectivity index (χ3n) is 4.98. The van der Waals surface area contributed by atoms with Crippen LogP contribution in [-0.4, -0.2) is 21.2 Å². The van der Waals surface area contributed by atoms with Crippen LogP contribution in [0.1, 0.15) is 35.2 Å². The van der Waals surface area contributed by atoms with E-state index < -0.39 is 6.04 Å². The number of aromatic nitrogens is 2. The van der Waals surface area contributed by atoms with E-state index >= 15 is 0 Å². The molecule has 5 rings (SSSR count). The van der Waals surface area contributed by atoms with Crippen LogP contribution >= 0.6 is 11.3 Å². The van der Waals surface area contributed by atoms with Crippen molar-refractivity contribution >= 4 is 28.8 Å². The second kappa shape index (κ2) is 6.24. The average Bonchev–Trinajstić information content (AvgIpc) is 3.30. The maximum Gasteiger partial charge on any atom is 0.219 e. The number of fused-ring (bicyclic) bond motifs is 1. The summed E-state index contributed by atoms with van der Waals surface area (Å²) >= 11 is 1.66. The molecule has 0 saturated heterocycles. The van der Waals surface area contributed by atoms with E-state index in [9.17, 15) is 9.90 Å². The normalized spacial score (nSPS) is 21.7. The highest BCUT2D eigenvalue weighted by Gasteiger charge is 2.37. The van der Waals surface area contributed by atoms with Crippen molar-refractivity contribution in [1.29, 1.82) is 0 Å². The first-order valence-electron chi connectivity index (χ1n) is 8.63. The highest BCUT2D eigenvalue weighted by molar-refractivity contribution is 7.10. The molecule has 1 aliphatic heterocycles. The molecule has 7 nitrogen and oxygen atoms in total. The van der Waals surface area contributed by atoms with Crippen molar-refractivity contribution < 1.29 is 14.5 Å². The summed E-state index contributed by atoms with van der Waals surface area (Å²) in [5.41, 5.74) is 2.26. The largest absolute Gasteiger partial charge is 0.508 e. The van der Waals surface area contributed by atoms with E-state index in [0.717, 1.165) is 11.3 Å². The molecule has 1 aliphatic carbocycles. The Morgan fingerprint density at radius 1 is 1.15 bits per heavy atom. The van der Waals surface area contributed by atoms with Gasteiger partial charge < -0.3 is 15.7 Å². The first-order chi connectivity index (χ1) is 13.2. The molecule has 0 unspecified atom stereocenters. The average molecular weight is 380 g/mol. The van der Waals surface area contributed by atoms with Gasteiger partial charge in [-0.2, -0.15) is 0 Å². The summed E-state index contributed by atoms with van der Waals surface area (Å²) in [5.74, 6) is 1.26. The number of phenols is 1. The molecule has 0 bridgehead atoms. The Balaban J connectivity index is 1.62. The van der Waals surface area contributed by atoms with Crippen LogP contribution in [0.5, 0.6) is 5.75 Å². The summed E-state index contributed by atoms with van der Waals surface area (Å²) in [6.07, 6.45) is 1.15. The number of phenolic OH excluding ortho intramolecular Hbond substituents is 1. The second-order valence-corrected chi connectivity index (χ2v) is 7.67. The first-order valence-corrected chi connectivity index (χ1v) is 9.51. The van der Waals surface area contributed by atoms with Gasteiger partial charge in [0.1, 0.15) is 5.75 Å². The molecule has 0 spiro atoms. The van der Waals surface area contributed by atoms with Crippen LogP contribution in [0.3, 0.4) is 0 Å². The lowest BCUT2D eigenvalue weighted by atomic mass is 9.81. The third kappa shape index (κ3) is 2.78. The Morgan fingerprint density at radius 2 is 2.04 bits per heavy atom. The number of nitrogens with one attached hydrogen (secondary N) is 2. The topological polar surface area (TPSA) is 100 Å². The number of rotatable bonds is 2. The Hall–Kier alpha value is -3.13. The number of ketones is 1. The predicted molar refractivity (Wildman–Crippen MR) is 101 cm³/mol. The summed E-state index contributed by atoms with van der Waals surface area (Å²) in [4.78, 5) is 14.4. The van der Waals surface area contributed by atoms with Crippen LogP contribution in [0.2, 0.25) is 0 Å². The number of carbonyl (C=O) groups excluding carboxylic acids is 1. The van der Waals surface area contributed by atoms with E-state index in [4.69, 9.17) is 4.63 Å². The lowest BCUT2D eigenvalue weighted by Crippen LogP contribution is -2.26. The second-order valence-electron chi connectivity index (χ2n) is 6.69. The first kappa shape index (κ1) is 16.1. The van der Waals surface area contributed by atoms with E-state index in [-0.39, 0.29) is 17.5 Å². The minimum atomic E-state index is -0.440. The molecule has 3 heterocycles. The van der Waals surface area contributed by atoms with E-state index in [1.807, 2.05) is 17.5 Å². The summed E-state index contributed by atoms with van der Waals surface area (Å²) < 4.78 is 4.86. The SMILES string of the molecule is O=C1C[C@H](c2cccs2)CC2=C1[C@@H](c1cccc(O)c1)Nc1nonc1N2. The Labute approximate surface area is 158 Å². The van der Waals surface area contributed by atoms with Gasteiger partial charge >= 0.3 is 0 Å². The van der Waals surface area contributed by atoms with Gasteiger partial charge in [-0.25, -0.2) is 4.63 Å². The molecule has 0 fully saturated rings. The summed E-state index contributed by atoms with van der Waals surface area (Å²) in [6.45, 7) is 0. The number of Topliss-reactive ketones (excluding diaryl/α,β-unsaturated/α-hetero) is 1. The fourth-order valence-corrected chi connectivity index (χ4v) is 4.61. The number of thiophene rings is 1. The number of hydrogen-bond donors (Lipinski definition) is 3. The van der Waals surface area contributed by atoms with Crippen molar-refractivity contribution in [2.75, 3.05) is 10.6 Å². The quantitative estimate of drug-likeness (QED) is 0.621. The maximum absolute atomic E-state index is 13.2. The molecule has 1 aromatic carbocycles. The standard InChI is InChI=1S/C19H16N4O3S/c24-12-4-1-3-10(7-12)17-16-13(20-18-19(21-17)23-26-22-18)8-11(9-14(16)25)15-5-2-6-27-15/h1-7,11,17,24H,8-9H2,(H,20,22)(H,21,23)/t11-,17-/m1/s1. The number of benzene rings is 1. The molecule has 136 valence electrons. The van der Waals surface area contributed by atoms with Gasteiger partial charge in [0.15, 0.2) is 5.78 Å². The summed E-state index contributed by atoms with van der Waals surface area (Å²) in [7, 11) is 0. The number of aromatic hydroxyl groups is 1. The minimum absolute atomic E-state index is 0.0742. The Bertz CT molecular complexity index is 1040. The van der Waals surface area contributed by atoms with Gasteiger partial charge in [0.05, 0.1) is 6.04 Å². The van der Waals surface area contributed by atoms with Crippen molar-refractivity contribution in [3.05, 3.63) is 63.5 Å². The van der Waals surface area contributed by atoms with Crippen molar-refractivity contribution in [2.24, 2.45) is 0 Å². The highest BCUT2D eigenvalue weighted by Crippen LogP contribution is 2.44. The molecule has 0 amide bonds. The molecular weight excluding hydrogens is 364 g/mol. The minimum Gasteiger partial charge on any atom is -0.508 e. The third-order valence-corrected chi connectivity index (χ3v) is 6.02. The van der Waals surface area contributed by atoms with Crippen LogP contribution in [0.25, 0.3) is 0 Å². The molecule has 2 aliphatic rings. The number of allylic oxidation sites excluding steroid dienone is 1. The van der Waals surface area contributed by atoms with Crippen LogP contribution < -0.4 is 10.6 Å². The van der Waals surface area contributed by atoms with E-state index in [2.05, 4.69) is 27.0 Å². The fraction of sp³-hybridized carbons (Fsp3) is 0.211. The highest BCUT2D eigenvalue weighted by atomic mass is 32.1. The van der Waals surface area contributed by atoms with Crippen LogP contribution in [0.4, 0.5) is 11.6 Å². The Morgan fingerprint density at radius 3 is 2.85 bits per heavy atom. The van der Waals surface area contributed by atoms with Gasteiger partial charge in [-0.15, -0.1) is 11.3 Å². The summed E-state index contributed by atoms with van der Waals surface area (Å²) in [5, 5.41) is 26.3. The fourth-order valence-electron chi connectivity index (χ4n) is 3.78. The van der Waals surface area contributed by atoms with Crippen molar-refractivity contribution in [2.45, 2.75) is 24.8 Å².